The zero-order valence-corrected chi connectivity index (χ0v) is 13.0. The molecule has 2 rings (SSSR count). The number of amides is 1. The molecule has 1 amide bonds. The van der Waals surface area contributed by atoms with Crippen LogP contribution in [0.3, 0.4) is 0 Å². The first kappa shape index (κ1) is 16.0. The Labute approximate surface area is 124 Å². The smallest absolute Gasteiger partial charge is 0.289 e. The van der Waals surface area contributed by atoms with Crippen molar-refractivity contribution >= 4 is 15.9 Å². The summed E-state index contributed by atoms with van der Waals surface area (Å²) in [6, 6.07) is 2.63. The van der Waals surface area contributed by atoms with Crippen molar-refractivity contribution in [3.63, 3.8) is 0 Å². The van der Waals surface area contributed by atoms with Gasteiger partial charge in [0.1, 0.15) is 0 Å². The SMILES string of the molecule is CNS(=O)(=O)c1ccc(C(=O)N2CCC[C@@H](C)[C@@H]2CN)o1. The Bertz CT molecular complexity index is 611. The molecule has 0 unspecified atom stereocenters. The minimum atomic E-state index is -3.68. The highest BCUT2D eigenvalue weighted by Gasteiger charge is 2.33. The van der Waals surface area contributed by atoms with Gasteiger partial charge in [0.2, 0.25) is 5.09 Å². The second-order valence-electron chi connectivity index (χ2n) is 5.25. The fourth-order valence-electron chi connectivity index (χ4n) is 2.68. The maximum Gasteiger partial charge on any atom is 0.289 e. The van der Waals surface area contributed by atoms with E-state index in [0.29, 0.717) is 19.0 Å². The molecule has 0 radical (unpaired) electrons. The quantitative estimate of drug-likeness (QED) is 0.836. The van der Waals surface area contributed by atoms with Crippen LogP contribution in [-0.4, -0.2) is 45.4 Å². The van der Waals surface area contributed by atoms with E-state index in [1.54, 1.807) is 4.90 Å². The average Bonchev–Trinajstić information content (AvgIpc) is 2.96. The summed E-state index contributed by atoms with van der Waals surface area (Å²) >= 11 is 0. The molecule has 0 spiro atoms. The predicted octanol–water partition coefficient (Wildman–Crippen LogP) is 0.387. The van der Waals surface area contributed by atoms with Crippen molar-refractivity contribution in [1.29, 1.82) is 0 Å². The second-order valence-corrected chi connectivity index (χ2v) is 7.06. The molecule has 7 nitrogen and oxygen atoms in total. The molecule has 1 saturated heterocycles. The molecule has 0 aromatic carbocycles. The number of rotatable bonds is 4. The first-order valence-electron chi connectivity index (χ1n) is 6.95. The molecule has 21 heavy (non-hydrogen) atoms. The van der Waals surface area contributed by atoms with Crippen LogP contribution in [-0.2, 0) is 10.0 Å². The van der Waals surface area contributed by atoms with Gasteiger partial charge in [0.05, 0.1) is 0 Å². The Balaban J connectivity index is 2.24. The van der Waals surface area contributed by atoms with E-state index in [9.17, 15) is 13.2 Å². The van der Waals surface area contributed by atoms with E-state index in [2.05, 4.69) is 11.6 Å². The molecule has 0 bridgehead atoms. The van der Waals surface area contributed by atoms with Gasteiger partial charge in [-0.15, -0.1) is 0 Å². The molecular formula is C13H21N3O4S. The maximum absolute atomic E-state index is 12.5. The molecule has 1 aromatic heterocycles. The third kappa shape index (κ3) is 3.12. The minimum absolute atomic E-state index is 0.0244. The Morgan fingerprint density at radius 2 is 2.24 bits per heavy atom. The number of likely N-dealkylation sites (tertiary alicyclic amines) is 1. The summed E-state index contributed by atoms with van der Waals surface area (Å²) in [7, 11) is -2.40. The van der Waals surface area contributed by atoms with E-state index in [1.807, 2.05) is 0 Å². The topological polar surface area (TPSA) is 106 Å². The zero-order chi connectivity index (χ0) is 15.6. The van der Waals surface area contributed by atoms with Crippen molar-refractivity contribution in [3.05, 3.63) is 17.9 Å². The highest BCUT2D eigenvalue weighted by Crippen LogP contribution is 2.25. The molecular weight excluding hydrogens is 294 g/mol. The molecule has 118 valence electrons. The summed E-state index contributed by atoms with van der Waals surface area (Å²) in [5, 5.41) is -0.261. The van der Waals surface area contributed by atoms with E-state index in [4.69, 9.17) is 10.2 Å². The standard InChI is InChI=1S/C13H21N3O4S/c1-9-4-3-7-16(10(9)8-14)13(17)11-5-6-12(20-11)21(18,19)15-2/h5-6,9-10,15H,3-4,7-8,14H2,1-2H3/t9-,10+/m1/s1. The van der Waals surface area contributed by atoms with Crippen LogP contribution in [0.15, 0.2) is 21.6 Å². The molecule has 8 heteroatoms. The average molecular weight is 315 g/mol. The molecule has 1 aromatic rings. The van der Waals surface area contributed by atoms with E-state index >= 15 is 0 Å². The van der Waals surface area contributed by atoms with Gasteiger partial charge in [-0.2, -0.15) is 0 Å². The lowest BCUT2D eigenvalue weighted by Gasteiger charge is -2.38. The van der Waals surface area contributed by atoms with Gasteiger partial charge in [0.25, 0.3) is 15.9 Å². The number of nitrogens with zero attached hydrogens (tertiary/aromatic N) is 1. The summed E-state index contributed by atoms with van der Waals surface area (Å²) in [6.07, 6.45) is 1.94. The van der Waals surface area contributed by atoms with Gasteiger partial charge in [0.15, 0.2) is 5.76 Å². The van der Waals surface area contributed by atoms with Gasteiger partial charge in [-0.25, -0.2) is 13.1 Å². The Morgan fingerprint density at radius 3 is 2.86 bits per heavy atom. The molecule has 2 heterocycles. The van der Waals surface area contributed by atoms with Crippen molar-refractivity contribution in [2.45, 2.75) is 30.9 Å². The van der Waals surface area contributed by atoms with Crippen molar-refractivity contribution in [2.24, 2.45) is 11.7 Å². The number of nitrogens with two attached hydrogens (primary N) is 1. The summed E-state index contributed by atoms with van der Waals surface area (Å²) in [5.74, 6) is 0.0362. The van der Waals surface area contributed by atoms with Crippen molar-refractivity contribution in [2.75, 3.05) is 20.1 Å². The van der Waals surface area contributed by atoms with Gasteiger partial charge < -0.3 is 15.1 Å². The van der Waals surface area contributed by atoms with Crippen LogP contribution in [0.1, 0.15) is 30.3 Å². The van der Waals surface area contributed by atoms with Crippen molar-refractivity contribution in [3.8, 4) is 0 Å². The molecule has 1 aliphatic rings. The van der Waals surface area contributed by atoms with Crippen molar-refractivity contribution in [1.82, 2.24) is 9.62 Å². The minimum Gasteiger partial charge on any atom is -0.438 e. The first-order chi connectivity index (χ1) is 9.90. The zero-order valence-electron chi connectivity index (χ0n) is 12.2. The van der Waals surface area contributed by atoms with Crippen molar-refractivity contribution < 1.29 is 17.6 Å². The lowest BCUT2D eigenvalue weighted by atomic mass is 9.90. The number of furan rings is 1. The third-order valence-corrected chi connectivity index (χ3v) is 5.23. The number of piperidine rings is 1. The lowest BCUT2D eigenvalue weighted by Crippen LogP contribution is -2.51. The van der Waals surface area contributed by atoms with Crippen LogP contribution in [0.5, 0.6) is 0 Å². The van der Waals surface area contributed by atoms with Crippen LogP contribution < -0.4 is 10.5 Å². The Hall–Kier alpha value is -1.38. The lowest BCUT2D eigenvalue weighted by molar-refractivity contribution is 0.0496. The largest absolute Gasteiger partial charge is 0.438 e. The highest BCUT2D eigenvalue weighted by atomic mass is 32.2. The summed E-state index contributed by atoms with van der Waals surface area (Å²) in [6.45, 7) is 3.06. The Kier molecular flexibility index (Phi) is 4.70. The van der Waals surface area contributed by atoms with Gasteiger partial charge >= 0.3 is 0 Å². The highest BCUT2D eigenvalue weighted by molar-refractivity contribution is 7.89. The monoisotopic (exact) mass is 315 g/mol. The number of nitrogens with one attached hydrogen (secondary N) is 1. The maximum atomic E-state index is 12.5. The number of hydrogen-bond acceptors (Lipinski definition) is 5. The third-order valence-electron chi connectivity index (χ3n) is 3.94. The normalized spacial score (nSPS) is 23.3. The molecule has 1 aliphatic heterocycles. The fraction of sp³-hybridized carbons (Fsp3) is 0.615. The molecule has 0 saturated carbocycles. The van der Waals surface area contributed by atoms with E-state index in [1.165, 1.54) is 19.2 Å². The molecule has 2 atom stereocenters. The van der Waals surface area contributed by atoms with Crippen LogP contribution in [0.25, 0.3) is 0 Å². The van der Waals surface area contributed by atoms with E-state index in [0.717, 1.165) is 12.8 Å². The number of sulfonamides is 1. The molecule has 0 aliphatic carbocycles. The van der Waals surface area contributed by atoms with Crippen LogP contribution in [0, 0.1) is 5.92 Å². The summed E-state index contributed by atoms with van der Waals surface area (Å²) in [4.78, 5) is 14.2. The van der Waals surface area contributed by atoms with E-state index < -0.39 is 10.0 Å². The second kappa shape index (κ2) is 6.17. The Morgan fingerprint density at radius 1 is 1.52 bits per heavy atom. The predicted molar refractivity (Wildman–Crippen MR) is 77.2 cm³/mol. The summed E-state index contributed by atoms with van der Waals surface area (Å²) in [5.41, 5.74) is 5.77. The fourth-order valence-corrected chi connectivity index (χ4v) is 3.33. The first-order valence-corrected chi connectivity index (χ1v) is 8.43. The molecule has 1 fully saturated rings. The number of hydrogen-bond donors (Lipinski definition) is 2. The van der Waals surface area contributed by atoms with Crippen LogP contribution in [0.2, 0.25) is 0 Å². The van der Waals surface area contributed by atoms with Crippen LogP contribution >= 0.6 is 0 Å². The summed E-state index contributed by atoms with van der Waals surface area (Å²) < 4.78 is 30.6. The van der Waals surface area contributed by atoms with E-state index in [-0.39, 0.29) is 22.8 Å². The van der Waals surface area contributed by atoms with Gasteiger partial charge in [-0.3, -0.25) is 4.79 Å². The van der Waals surface area contributed by atoms with Crippen LogP contribution in [0.4, 0.5) is 0 Å². The number of carbonyl (C=O) groups is 1. The number of carbonyl (C=O) groups excluding carboxylic acids is 1. The van der Waals surface area contributed by atoms with Gasteiger partial charge in [0, 0.05) is 19.1 Å². The van der Waals surface area contributed by atoms with Gasteiger partial charge in [-0.1, -0.05) is 6.92 Å². The molecule has 3 N–H and O–H groups in total. The van der Waals surface area contributed by atoms with Gasteiger partial charge in [-0.05, 0) is 37.9 Å².